The third-order valence-electron chi connectivity index (χ3n) is 2.15. The molecule has 1 rings (SSSR count). The van der Waals surface area contributed by atoms with Crippen LogP contribution in [0.1, 0.15) is 18.3 Å². The maximum Gasteiger partial charge on any atom is 0.234 e. The lowest BCUT2D eigenvalue weighted by molar-refractivity contribution is -0.113. The van der Waals surface area contributed by atoms with Crippen LogP contribution in [0.3, 0.4) is 0 Å². The van der Waals surface area contributed by atoms with Gasteiger partial charge in [-0.3, -0.25) is 9.89 Å². The number of aromatic nitrogens is 2. The third-order valence-corrected chi connectivity index (χ3v) is 3.30. The molecule has 0 fully saturated rings. The molecule has 0 saturated heterocycles. The Morgan fingerprint density at radius 2 is 2.31 bits per heavy atom. The van der Waals surface area contributed by atoms with Gasteiger partial charge in [-0.15, -0.1) is 11.8 Å². The summed E-state index contributed by atoms with van der Waals surface area (Å²) in [6, 6.07) is 0. The van der Waals surface area contributed by atoms with Crippen LogP contribution < -0.4 is 5.32 Å². The lowest BCUT2D eigenvalue weighted by Crippen LogP contribution is -2.17. The molecule has 0 aliphatic heterocycles. The Balaban J connectivity index is 2.46. The minimum absolute atomic E-state index is 0.0714. The van der Waals surface area contributed by atoms with Gasteiger partial charge in [-0.2, -0.15) is 5.10 Å². The highest BCUT2D eigenvalue weighted by molar-refractivity contribution is 8.00. The smallest absolute Gasteiger partial charge is 0.234 e. The van der Waals surface area contributed by atoms with Crippen molar-refractivity contribution in [2.75, 3.05) is 17.7 Å². The predicted octanol–water partition coefficient (Wildman–Crippen LogP) is 1.08. The summed E-state index contributed by atoms with van der Waals surface area (Å²) in [4.78, 5) is 11.6. The van der Waals surface area contributed by atoms with Crippen molar-refractivity contribution in [3.8, 4) is 0 Å². The first-order valence-corrected chi connectivity index (χ1v) is 6.13. The lowest BCUT2D eigenvalue weighted by Gasteiger charge is -2.08. The summed E-state index contributed by atoms with van der Waals surface area (Å²) < 4.78 is 0. The number of thioether (sulfide) groups is 1. The van der Waals surface area contributed by atoms with Crippen LogP contribution in [0.4, 0.5) is 5.69 Å². The highest BCUT2D eigenvalue weighted by atomic mass is 32.2. The molecule has 1 amide bonds. The van der Waals surface area contributed by atoms with Crippen molar-refractivity contribution in [1.82, 2.24) is 10.2 Å². The second kappa shape index (κ2) is 5.91. The summed E-state index contributed by atoms with van der Waals surface area (Å²) in [5.74, 6) is 0.268. The van der Waals surface area contributed by atoms with Gasteiger partial charge in [0.2, 0.25) is 5.91 Å². The maximum atomic E-state index is 11.6. The quantitative estimate of drug-likeness (QED) is 0.723. The Bertz CT molecular complexity index is 345. The van der Waals surface area contributed by atoms with Crippen molar-refractivity contribution in [2.24, 2.45) is 0 Å². The Morgan fingerprint density at radius 3 is 2.81 bits per heavy atom. The molecule has 1 unspecified atom stereocenters. The molecule has 16 heavy (non-hydrogen) atoms. The fourth-order valence-electron chi connectivity index (χ4n) is 1.18. The van der Waals surface area contributed by atoms with E-state index in [4.69, 9.17) is 5.11 Å². The molecule has 1 aromatic heterocycles. The molecule has 90 valence electrons. The molecule has 1 aromatic rings. The second-order valence-electron chi connectivity index (χ2n) is 3.66. The van der Waals surface area contributed by atoms with Crippen molar-refractivity contribution in [1.29, 1.82) is 0 Å². The number of aliphatic hydroxyl groups is 1. The molecule has 1 atom stereocenters. The summed E-state index contributed by atoms with van der Waals surface area (Å²) in [7, 11) is 0. The number of H-pyrrole nitrogens is 1. The second-order valence-corrected chi connectivity index (χ2v) is 5.09. The largest absolute Gasteiger partial charge is 0.395 e. The van der Waals surface area contributed by atoms with Crippen LogP contribution in [-0.4, -0.2) is 38.8 Å². The number of rotatable bonds is 5. The minimum Gasteiger partial charge on any atom is -0.395 e. The van der Waals surface area contributed by atoms with E-state index in [1.54, 1.807) is 0 Å². The molecule has 0 saturated carbocycles. The Hall–Kier alpha value is -1.01. The van der Waals surface area contributed by atoms with E-state index in [1.807, 2.05) is 20.8 Å². The average molecular weight is 243 g/mol. The van der Waals surface area contributed by atoms with E-state index >= 15 is 0 Å². The van der Waals surface area contributed by atoms with Gasteiger partial charge in [0.1, 0.15) is 0 Å². The number of carbonyl (C=O) groups excluding carboxylic acids is 1. The fraction of sp³-hybridized carbons (Fsp3) is 0.600. The van der Waals surface area contributed by atoms with Crippen LogP contribution in [0.25, 0.3) is 0 Å². The van der Waals surface area contributed by atoms with Gasteiger partial charge < -0.3 is 10.4 Å². The first kappa shape index (κ1) is 13.1. The monoisotopic (exact) mass is 243 g/mol. The highest BCUT2D eigenvalue weighted by Crippen LogP contribution is 2.17. The van der Waals surface area contributed by atoms with Crippen LogP contribution in [0.2, 0.25) is 0 Å². The van der Waals surface area contributed by atoms with Crippen LogP contribution in [0.15, 0.2) is 0 Å². The molecule has 0 spiro atoms. The van der Waals surface area contributed by atoms with Gasteiger partial charge in [-0.05, 0) is 13.8 Å². The summed E-state index contributed by atoms with van der Waals surface area (Å²) in [6.07, 6.45) is 0. The van der Waals surface area contributed by atoms with E-state index in [-0.39, 0.29) is 17.8 Å². The number of aryl methyl sites for hydroxylation is 2. The number of aliphatic hydroxyl groups excluding tert-OH is 1. The molecule has 3 N–H and O–H groups in total. The molecule has 0 aliphatic rings. The Kier molecular flexibility index (Phi) is 4.82. The molecular formula is C10H17N3O2S. The fourth-order valence-corrected chi connectivity index (χ4v) is 1.79. The number of amides is 1. The molecule has 6 heteroatoms. The normalized spacial score (nSPS) is 12.5. The van der Waals surface area contributed by atoms with Crippen molar-refractivity contribution in [3.63, 3.8) is 0 Å². The van der Waals surface area contributed by atoms with Crippen LogP contribution >= 0.6 is 11.8 Å². The zero-order chi connectivity index (χ0) is 12.1. The summed E-state index contributed by atoms with van der Waals surface area (Å²) in [5, 5.41) is 18.5. The van der Waals surface area contributed by atoms with Crippen molar-refractivity contribution >= 4 is 23.4 Å². The van der Waals surface area contributed by atoms with Gasteiger partial charge in [0, 0.05) is 5.25 Å². The van der Waals surface area contributed by atoms with E-state index in [1.165, 1.54) is 11.8 Å². The molecule has 0 aromatic carbocycles. The highest BCUT2D eigenvalue weighted by Gasteiger charge is 2.11. The van der Waals surface area contributed by atoms with E-state index < -0.39 is 0 Å². The van der Waals surface area contributed by atoms with E-state index in [2.05, 4.69) is 15.5 Å². The number of hydrogen-bond acceptors (Lipinski definition) is 4. The molecule has 0 bridgehead atoms. The third kappa shape index (κ3) is 3.53. The van der Waals surface area contributed by atoms with Gasteiger partial charge >= 0.3 is 0 Å². The molecule has 0 aliphatic carbocycles. The van der Waals surface area contributed by atoms with E-state index in [0.29, 0.717) is 5.75 Å². The van der Waals surface area contributed by atoms with Gasteiger partial charge in [-0.25, -0.2) is 0 Å². The zero-order valence-electron chi connectivity index (χ0n) is 9.70. The average Bonchev–Trinajstić information content (AvgIpc) is 2.57. The number of nitrogens with one attached hydrogen (secondary N) is 2. The van der Waals surface area contributed by atoms with Gasteiger partial charge in [0.05, 0.1) is 29.4 Å². The predicted molar refractivity (Wildman–Crippen MR) is 65.7 cm³/mol. The number of carbonyl (C=O) groups is 1. The number of hydrogen-bond donors (Lipinski definition) is 3. The topological polar surface area (TPSA) is 78.0 Å². The van der Waals surface area contributed by atoms with Crippen molar-refractivity contribution < 1.29 is 9.90 Å². The first-order chi connectivity index (χ1) is 7.54. The van der Waals surface area contributed by atoms with E-state index in [9.17, 15) is 4.79 Å². The van der Waals surface area contributed by atoms with Crippen molar-refractivity contribution in [3.05, 3.63) is 11.4 Å². The summed E-state index contributed by atoms with van der Waals surface area (Å²) >= 11 is 1.43. The maximum absolute atomic E-state index is 11.6. The minimum atomic E-state index is -0.0714. The summed E-state index contributed by atoms with van der Waals surface area (Å²) in [5.41, 5.74) is 2.39. The van der Waals surface area contributed by atoms with E-state index in [0.717, 1.165) is 17.1 Å². The number of aromatic amines is 1. The number of anilines is 1. The first-order valence-electron chi connectivity index (χ1n) is 5.08. The number of nitrogens with zero attached hydrogens (tertiary/aromatic N) is 1. The zero-order valence-corrected chi connectivity index (χ0v) is 10.5. The SMILES string of the molecule is Cc1n[nH]c(C)c1NC(=O)CSC(C)CO. The molecule has 0 radical (unpaired) electrons. The van der Waals surface area contributed by atoms with Crippen LogP contribution in [-0.2, 0) is 4.79 Å². The van der Waals surface area contributed by atoms with Gasteiger partial charge in [0.25, 0.3) is 0 Å². The molecule has 5 nitrogen and oxygen atoms in total. The van der Waals surface area contributed by atoms with Crippen LogP contribution in [0, 0.1) is 13.8 Å². The molecule has 1 heterocycles. The van der Waals surface area contributed by atoms with Gasteiger partial charge in [-0.1, -0.05) is 6.92 Å². The van der Waals surface area contributed by atoms with Gasteiger partial charge in [0.15, 0.2) is 0 Å². The van der Waals surface area contributed by atoms with Crippen molar-refractivity contribution in [2.45, 2.75) is 26.0 Å². The lowest BCUT2D eigenvalue weighted by atomic mass is 10.3. The Morgan fingerprint density at radius 1 is 1.62 bits per heavy atom. The summed E-state index contributed by atoms with van der Waals surface area (Å²) in [6.45, 7) is 5.66. The van der Waals surface area contributed by atoms with Crippen LogP contribution in [0.5, 0.6) is 0 Å². The standard InChI is InChI=1S/C10H17N3O2S/c1-6(4-14)16-5-9(15)11-10-7(2)12-13-8(10)3/h6,14H,4-5H2,1-3H3,(H,11,15)(H,12,13). The Labute approximate surface area is 99.0 Å². The molecular weight excluding hydrogens is 226 g/mol.